The molecule has 0 saturated carbocycles. The van der Waals surface area contributed by atoms with E-state index >= 15 is 0 Å². The first-order valence-electron chi connectivity index (χ1n) is 4.29. The van der Waals surface area contributed by atoms with E-state index in [1.54, 1.807) is 0 Å². The Kier molecular flexibility index (Phi) is 3.55. The smallest absolute Gasteiger partial charge is 0.322 e. The zero-order chi connectivity index (χ0) is 13.0. The number of pyridine rings is 1. The molecule has 0 aliphatic rings. The lowest BCUT2D eigenvalue weighted by Gasteiger charge is -2.00. The topological polar surface area (TPSA) is 142 Å². The molecule has 1 aromatic rings. The van der Waals surface area contributed by atoms with Gasteiger partial charge in [-0.25, -0.2) is 0 Å². The summed E-state index contributed by atoms with van der Waals surface area (Å²) in [6, 6.07) is 0.774. The van der Waals surface area contributed by atoms with Crippen LogP contribution in [0.2, 0.25) is 0 Å². The van der Waals surface area contributed by atoms with Gasteiger partial charge in [-0.1, -0.05) is 0 Å². The number of rotatable bonds is 4. The summed E-state index contributed by atoms with van der Waals surface area (Å²) in [6.07, 6.45) is 0.844. The molecule has 1 heterocycles. The SMILES string of the molecule is O=C(O)CNC(=O)c1cc([N+](=O)[O-])c[nH]c1=O. The fraction of sp³-hybridized carbons (Fsp3) is 0.125. The predicted molar refractivity (Wildman–Crippen MR) is 53.7 cm³/mol. The molecule has 9 nitrogen and oxygen atoms in total. The van der Waals surface area contributed by atoms with Crippen LogP contribution in [-0.4, -0.2) is 33.4 Å². The van der Waals surface area contributed by atoms with E-state index in [1.807, 2.05) is 10.3 Å². The monoisotopic (exact) mass is 241 g/mol. The molecule has 0 unspecified atom stereocenters. The van der Waals surface area contributed by atoms with Crippen LogP contribution in [0.4, 0.5) is 5.69 Å². The molecule has 0 radical (unpaired) electrons. The highest BCUT2D eigenvalue weighted by Crippen LogP contribution is 2.07. The second-order valence-corrected chi connectivity index (χ2v) is 2.93. The molecular weight excluding hydrogens is 234 g/mol. The van der Waals surface area contributed by atoms with Crippen molar-refractivity contribution in [1.29, 1.82) is 0 Å². The summed E-state index contributed by atoms with van der Waals surface area (Å²) in [6.45, 7) is -0.680. The minimum Gasteiger partial charge on any atom is -0.480 e. The number of aromatic amines is 1. The molecule has 0 fully saturated rings. The van der Waals surface area contributed by atoms with Crippen molar-refractivity contribution >= 4 is 17.6 Å². The Morgan fingerprint density at radius 3 is 2.71 bits per heavy atom. The highest BCUT2D eigenvalue weighted by molar-refractivity contribution is 5.95. The molecular formula is C8H7N3O6. The van der Waals surface area contributed by atoms with Crippen molar-refractivity contribution in [2.24, 2.45) is 0 Å². The number of aliphatic carboxylic acids is 1. The molecule has 0 spiro atoms. The summed E-state index contributed by atoms with van der Waals surface area (Å²) in [4.78, 5) is 44.3. The Balaban J connectivity index is 3.00. The number of hydrogen-bond acceptors (Lipinski definition) is 5. The number of nitrogens with one attached hydrogen (secondary N) is 2. The van der Waals surface area contributed by atoms with E-state index in [-0.39, 0.29) is 0 Å². The summed E-state index contributed by atoms with van der Waals surface area (Å²) in [5.41, 5.74) is -1.82. The Hall–Kier alpha value is -2.71. The summed E-state index contributed by atoms with van der Waals surface area (Å²) < 4.78 is 0. The van der Waals surface area contributed by atoms with Crippen LogP contribution in [0.1, 0.15) is 10.4 Å². The van der Waals surface area contributed by atoms with Crippen molar-refractivity contribution in [2.75, 3.05) is 6.54 Å². The normalized spacial score (nSPS) is 9.65. The number of carboxylic acids is 1. The van der Waals surface area contributed by atoms with Crippen LogP contribution < -0.4 is 10.9 Å². The average Bonchev–Trinajstić information content (AvgIpc) is 2.26. The predicted octanol–water partition coefficient (Wildman–Crippen LogP) is -0.903. The van der Waals surface area contributed by atoms with E-state index in [9.17, 15) is 24.5 Å². The zero-order valence-corrected chi connectivity index (χ0v) is 8.30. The first-order chi connectivity index (χ1) is 7.91. The lowest BCUT2D eigenvalue weighted by atomic mass is 10.2. The molecule has 0 atom stereocenters. The molecule has 17 heavy (non-hydrogen) atoms. The van der Waals surface area contributed by atoms with Crippen molar-refractivity contribution in [3.63, 3.8) is 0 Å². The summed E-state index contributed by atoms with van der Waals surface area (Å²) in [7, 11) is 0. The van der Waals surface area contributed by atoms with E-state index < -0.39 is 40.2 Å². The Morgan fingerprint density at radius 1 is 1.53 bits per heavy atom. The Morgan fingerprint density at radius 2 is 2.18 bits per heavy atom. The summed E-state index contributed by atoms with van der Waals surface area (Å²) >= 11 is 0. The van der Waals surface area contributed by atoms with Gasteiger partial charge in [-0.05, 0) is 0 Å². The summed E-state index contributed by atoms with van der Waals surface area (Å²) in [5.74, 6) is -2.28. The molecule has 0 saturated heterocycles. The van der Waals surface area contributed by atoms with Crippen molar-refractivity contribution in [3.05, 3.63) is 38.3 Å². The molecule has 0 aliphatic heterocycles. The first-order valence-corrected chi connectivity index (χ1v) is 4.29. The molecule has 0 aromatic carbocycles. The Bertz CT molecular complexity index is 534. The second-order valence-electron chi connectivity index (χ2n) is 2.93. The number of carboxylic acid groups (broad SMARTS) is 1. The van der Waals surface area contributed by atoms with E-state index in [4.69, 9.17) is 5.11 Å². The maximum Gasteiger partial charge on any atom is 0.322 e. The average molecular weight is 241 g/mol. The second kappa shape index (κ2) is 4.88. The van der Waals surface area contributed by atoms with Crippen LogP contribution >= 0.6 is 0 Å². The number of aromatic nitrogens is 1. The van der Waals surface area contributed by atoms with E-state index in [0.29, 0.717) is 0 Å². The minimum absolute atomic E-state index is 0.468. The van der Waals surface area contributed by atoms with Gasteiger partial charge in [-0.15, -0.1) is 0 Å². The van der Waals surface area contributed by atoms with E-state index in [1.165, 1.54) is 0 Å². The lowest BCUT2D eigenvalue weighted by Crippen LogP contribution is -2.33. The van der Waals surface area contributed by atoms with Gasteiger partial charge in [0.25, 0.3) is 17.2 Å². The maximum absolute atomic E-state index is 11.3. The molecule has 3 N–H and O–H groups in total. The fourth-order valence-corrected chi connectivity index (χ4v) is 0.998. The molecule has 1 rings (SSSR count). The molecule has 1 aromatic heterocycles. The van der Waals surface area contributed by atoms with Crippen LogP contribution in [0.3, 0.4) is 0 Å². The number of carbonyl (C=O) groups excluding carboxylic acids is 1. The number of carbonyl (C=O) groups is 2. The highest BCUT2D eigenvalue weighted by atomic mass is 16.6. The number of nitro groups is 1. The number of nitrogens with zero attached hydrogens (tertiary/aromatic N) is 1. The van der Waals surface area contributed by atoms with Gasteiger partial charge in [-0.3, -0.25) is 24.5 Å². The largest absolute Gasteiger partial charge is 0.480 e. The van der Waals surface area contributed by atoms with Crippen LogP contribution in [0.5, 0.6) is 0 Å². The van der Waals surface area contributed by atoms with Gasteiger partial charge in [0.15, 0.2) is 0 Å². The molecule has 0 bridgehead atoms. The van der Waals surface area contributed by atoms with Crippen molar-refractivity contribution in [2.45, 2.75) is 0 Å². The van der Waals surface area contributed by atoms with Crippen molar-refractivity contribution in [3.8, 4) is 0 Å². The van der Waals surface area contributed by atoms with Crippen molar-refractivity contribution < 1.29 is 19.6 Å². The maximum atomic E-state index is 11.3. The van der Waals surface area contributed by atoms with Gasteiger partial charge in [-0.2, -0.15) is 0 Å². The minimum atomic E-state index is -1.29. The van der Waals surface area contributed by atoms with Gasteiger partial charge < -0.3 is 15.4 Å². The third-order valence-electron chi connectivity index (χ3n) is 1.74. The molecule has 9 heteroatoms. The number of hydrogen-bond donors (Lipinski definition) is 3. The van der Waals surface area contributed by atoms with Gasteiger partial charge in [0, 0.05) is 6.07 Å². The van der Waals surface area contributed by atoms with E-state index in [2.05, 4.69) is 0 Å². The van der Waals surface area contributed by atoms with Gasteiger partial charge in [0.1, 0.15) is 12.1 Å². The van der Waals surface area contributed by atoms with Crippen LogP contribution in [0.15, 0.2) is 17.1 Å². The quantitative estimate of drug-likeness (QED) is 0.460. The molecule has 1 amide bonds. The standard InChI is InChI=1S/C8H7N3O6/c12-6(13)3-10-8(15)5-1-4(11(16)17)2-9-7(5)14/h1-2H,3H2,(H,9,14)(H,10,15)(H,12,13). The highest BCUT2D eigenvalue weighted by Gasteiger charge is 2.16. The third kappa shape index (κ3) is 3.12. The van der Waals surface area contributed by atoms with Crippen molar-refractivity contribution in [1.82, 2.24) is 10.3 Å². The molecule has 90 valence electrons. The zero-order valence-electron chi connectivity index (χ0n) is 8.30. The fourth-order valence-electron chi connectivity index (χ4n) is 0.998. The number of amides is 1. The van der Waals surface area contributed by atoms with E-state index in [0.717, 1.165) is 12.3 Å². The van der Waals surface area contributed by atoms with Crippen LogP contribution in [0, 0.1) is 10.1 Å². The Labute approximate surface area is 93.2 Å². The third-order valence-corrected chi connectivity index (χ3v) is 1.74. The van der Waals surface area contributed by atoms with Gasteiger partial charge >= 0.3 is 5.97 Å². The lowest BCUT2D eigenvalue weighted by molar-refractivity contribution is -0.385. The summed E-state index contributed by atoms with van der Waals surface area (Å²) in [5, 5.41) is 20.6. The van der Waals surface area contributed by atoms with Gasteiger partial charge in [0.2, 0.25) is 0 Å². The van der Waals surface area contributed by atoms with Crippen LogP contribution in [-0.2, 0) is 4.79 Å². The number of H-pyrrole nitrogens is 1. The van der Waals surface area contributed by atoms with Crippen LogP contribution in [0.25, 0.3) is 0 Å². The molecule has 0 aliphatic carbocycles. The van der Waals surface area contributed by atoms with Gasteiger partial charge in [0.05, 0.1) is 11.1 Å². The first kappa shape index (κ1) is 12.4.